The van der Waals surface area contributed by atoms with Gasteiger partial charge in [-0.2, -0.15) is 0 Å². The molecule has 0 saturated carbocycles. The van der Waals surface area contributed by atoms with Crippen LogP contribution in [0.2, 0.25) is 0 Å². The van der Waals surface area contributed by atoms with Gasteiger partial charge in [0.15, 0.2) is 0 Å². The molecule has 220 valence electrons. The molecule has 1 N–H and O–H groups in total. The standard InChI is InChI=1S/C34H45N3O3S/c1-25(2)41(38,39)36(3)30-19-20-31(40-4)29(22-30)23-35-33-28-18-12-7-13-21-37(24-28)34(33)32(26-14-8-5-9-15-26)27-16-10-6-11-17-27/h5-6,8-11,14-17,19-20,22,25,28,32-35H,7,12-13,18,21,23-24H2,1-4H3. The van der Waals surface area contributed by atoms with E-state index in [1.54, 1.807) is 28.0 Å². The molecular formula is C34H45N3O3S. The molecule has 0 aromatic heterocycles. The van der Waals surface area contributed by atoms with E-state index in [-0.39, 0.29) is 12.0 Å². The molecular weight excluding hydrogens is 530 g/mol. The topological polar surface area (TPSA) is 61.9 Å². The van der Waals surface area contributed by atoms with Gasteiger partial charge >= 0.3 is 0 Å². The maximum atomic E-state index is 12.9. The molecule has 5 rings (SSSR count). The van der Waals surface area contributed by atoms with E-state index in [0.29, 0.717) is 24.2 Å². The molecule has 3 aromatic carbocycles. The second kappa shape index (κ2) is 13.0. The zero-order valence-electron chi connectivity index (χ0n) is 24.9. The number of anilines is 1. The molecule has 2 aliphatic heterocycles. The van der Waals surface area contributed by atoms with Crippen LogP contribution in [-0.2, 0) is 16.6 Å². The maximum Gasteiger partial charge on any atom is 0.237 e. The number of ether oxygens (including phenoxy) is 1. The highest BCUT2D eigenvalue weighted by Crippen LogP contribution is 2.41. The van der Waals surface area contributed by atoms with Gasteiger partial charge in [0.05, 0.1) is 18.0 Å². The van der Waals surface area contributed by atoms with Gasteiger partial charge in [0.1, 0.15) is 5.75 Å². The predicted octanol–water partition coefficient (Wildman–Crippen LogP) is 6.03. The lowest BCUT2D eigenvalue weighted by Gasteiger charge is -2.36. The molecule has 2 saturated heterocycles. The van der Waals surface area contributed by atoms with Crippen LogP contribution >= 0.6 is 0 Å². The number of benzene rings is 3. The van der Waals surface area contributed by atoms with Crippen LogP contribution in [0, 0.1) is 5.92 Å². The number of rotatable bonds is 10. The van der Waals surface area contributed by atoms with Crippen LogP contribution in [0.25, 0.3) is 0 Å². The van der Waals surface area contributed by atoms with Crippen molar-refractivity contribution in [3.05, 3.63) is 95.6 Å². The number of fused-ring (bicyclic) bond motifs is 2. The summed E-state index contributed by atoms with van der Waals surface area (Å²) in [5.41, 5.74) is 4.32. The van der Waals surface area contributed by atoms with Crippen molar-refractivity contribution in [1.29, 1.82) is 0 Å². The first kappa shape index (κ1) is 29.6. The third kappa shape index (κ3) is 6.32. The van der Waals surface area contributed by atoms with Gasteiger partial charge in [-0.05, 0) is 68.5 Å². The summed E-state index contributed by atoms with van der Waals surface area (Å²) in [6.45, 7) is 6.25. The number of hydrogen-bond acceptors (Lipinski definition) is 5. The fourth-order valence-electron chi connectivity index (χ4n) is 6.85. The van der Waals surface area contributed by atoms with Gasteiger partial charge in [0.2, 0.25) is 10.0 Å². The van der Waals surface area contributed by atoms with Crippen LogP contribution in [0.4, 0.5) is 5.69 Å². The lowest BCUT2D eigenvalue weighted by Crippen LogP contribution is -2.48. The monoisotopic (exact) mass is 575 g/mol. The summed E-state index contributed by atoms with van der Waals surface area (Å²) >= 11 is 0. The summed E-state index contributed by atoms with van der Waals surface area (Å²) in [5.74, 6) is 1.56. The van der Waals surface area contributed by atoms with Crippen molar-refractivity contribution in [2.24, 2.45) is 5.92 Å². The van der Waals surface area contributed by atoms with Crippen molar-refractivity contribution in [3.63, 3.8) is 0 Å². The van der Waals surface area contributed by atoms with E-state index >= 15 is 0 Å². The molecule has 2 bridgehead atoms. The zero-order chi connectivity index (χ0) is 29.0. The fraction of sp³-hybridized carbons (Fsp3) is 0.471. The minimum atomic E-state index is -3.43. The molecule has 0 spiro atoms. The van der Waals surface area contributed by atoms with Gasteiger partial charge in [-0.1, -0.05) is 73.5 Å². The zero-order valence-corrected chi connectivity index (χ0v) is 25.7. The molecule has 0 aliphatic carbocycles. The van der Waals surface area contributed by atoms with Crippen LogP contribution < -0.4 is 14.4 Å². The first-order chi connectivity index (χ1) is 19.8. The van der Waals surface area contributed by atoms with E-state index in [0.717, 1.165) is 24.4 Å². The van der Waals surface area contributed by atoms with E-state index in [4.69, 9.17) is 4.74 Å². The Labute approximate surface area is 246 Å². The average Bonchev–Trinajstić information content (AvgIpc) is 3.34. The largest absolute Gasteiger partial charge is 0.496 e. The second-order valence-corrected chi connectivity index (χ2v) is 14.4. The van der Waals surface area contributed by atoms with Crippen LogP contribution in [0.1, 0.15) is 62.1 Å². The minimum absolute atomic E-state index is 0.244. The summed E-state index contributed by atoms with van der Waals surface area (Å²) in [7, 11) is -0.119. The number of nitrogens with zero attached hydrogens (tertiary/aromatic N) is 2. The van der Waals surface area contributed by atoms with Crippen molar-refractivity contribution in [2.45, 2.75) is 69.3 Å². The Bertz CT molecular complexity index is 1340. The van der Waals surface area contributed by atoms with E-state index in [9.17, 15) is 8.42 Å². The molecule has 2 fully saturated rings. The Kier molecular flexibility index (Phi) is 9.37. The normalized spacial score (nSPS) is 22.9. The molecule has 7 heteroatoms. The molecule has 0 radical (unpaired) electrons. The lowest BCUT2D eigenvalue weighted by atomic mass is 9.79. The number of methoxy groups -OCH3 is 1. The quantitative estimate of drug-likeness (QED) is 0.320. The third-order valence-electron chi connectivity index (χ3n) is 9.08. The Balaban J connectivity index is 1.50. The molecule has 4 atom stereocenters. The highest BCUT2D eigenvalue weighted by atomic mass is 32.2. The van der Waals surface area contributed by atoms with E-state index in [1.807, 2.05) is 18.2 Å². The lowest BCUT2D eigenvalue weighted by molar-refractivity contribution is 0.209. The summed E-state index contributed by atoms with van der Waals surface area (Å²) in [6.07, 6.45) is 4.99. The summed E-state index contributed by atoms with van der Waals surface area (Å²) in [4.78, 5) is 2.74. The van der Waals surface area contributed by atoms with Gasteiger partial charge in [-0.25, -0.2) is 8.42 Å². The van der Waals surface area contributed by atoms with Crippen molar-refractivity contribution in [3.8, 4) is 5.75 Å². The predicted molar refractivity (Wildman–Crippen MR) is 168 cm³/mol. The fourth-order valence-corrected chi connectivity index (χ4v) is 7.89. The SMILES string of the molecule is COc1ccc(N(C)S(=O)(=O)C(C)C)cc1CNC1C2CCCCCN(C2)C1C(c1ccccc1)c1ccccc1. The minimum Gasteiger partial charge on any atom is -0.496 e. The Hall–Kier alpha value is -2.87. The highest BCUT2D eigenvalue weighted by Gasteiger charge is 2.46. The van der Waals surface area contributed by atoms with Crippen LogP contribution in [-0.4, -0.2) is 57.9 Å². The van der Waals surface area contributed by atoms with E-state index in [2.05, 4.69) is 70.9 Å². The highest BCUT2D eigenvalue weighted by molar-refractivity contribution is 7.93. The first-order valence-corrected chi connectivity index (χ1v) is 16.5. The van der Waals surface area contributed by atoms with Crippen molar-refractivity contribution in [1.82, 2.24) is 10.2 Å². The van der Waals surface area contributed by atoms with E-state index < -0.39 is 15.3 Å². The average molecular weight is 576 g/mol. The maximum absolute atomic E-state index is 12.9. The van der Waals surface area contributed by atoms with Gasteiger partial charge in [-0.3, -0.25) is 9.21 Å². The summed E-state index contributed by atoms with van der Waals surface area (Å²) in [6, 6.07) is 28.2. The molecule has 2 aliphatic rings. The molecule has 6 nitrogen and oxygen atoms in total. The van der Waals surface area contributed by atoms with E-state index in [1.165, 1.54) is 41.1 Å². The Morgan fingerprint density at radius 3 is 2.22 bits per heavy atom. The van der Waals surface area contributed by atoms with Gasteiger partial charge in [0, 0.05) is 43.7 Å². The van der Waals surface area contributed by atoms with Crippen LogP contribution in [0.15, 0.2) is 78.9 Å². The molecule has 4 unspecified atom stereocenters. The Morgan fingerprint density at radius 2 is 1.61 bits per heavy atom. The first-order valence-electron chi connectivity index (χ1n) is 15.0. The van der Waals surface area contributed by atoms with Gasteiger partial charge in [-0.15, -0.1) is 0 Å². The smallest absolute Gasteiger partial charge is 0.237 e. The van der Waals surface area contributed by atoms with Gasteiger partial charge < -0.3 is 10.1 Å². The molecule has 3 aromatic rings. The van der Waals surface area contributed by atoms with Crippen molar-refractivity contribution >= 4 is 15.7 Å². The van der Waals surface area contributed by atoms with Crippen molar-refractivity contribution < 1.29 is 13.2 Å². The number of hydrogen-bond donors (Lipinski definition) is 1. The number of nitrogens with one attached hydrogen (secondary N) is 1. The van der Waals surface area contributed by atoms with Crippen molar-refractivity contribution in [2.75, 3.05) is 31.6 Å². The third-order valence-corrected chi connectivity index (χ3v) is 11.2. The van der Waals surface area contributed by atoms with Gasteiger partial charge in [0.25, 0.3) is 0 Å². The van der Waals surface area contributed by atoms with Crippen LogP contribution in [0.3, 0.4) is 0 Å². The molecule has 0 amide bonds. The molecule has 41 heavy (non-hydrogen) atoms. The Morgan fingerprint density at radius 1 is 0.951 bits per heavy atom. The number of sulfonamides is 1. The second-order valence-electron chi connectivity index (χ2n) is 11.9. The summed E-state index contributed by atoms with van der Waals surface area (Å²) in [5, 5.41) is 3.51. The van der Waals surface area contributed by atoms with Crippen LogP contribution in [0.5, 0.6) is 5.75 Å². The molecule has 2 heterocycles. The summed E-state index contributed by atoms with van der Waals surface area (Å²) < 4.78 is 33.0.